The topological polar surface area (TPSA) is 136 Å². The number of rotatable bonds is 0. The zero-order chi connectivity index (χ0) is 6.50. The molecule has 0 heterocycles. The second kappa shape index (κ2) is 3.97. The fourth-order valence-corrected chi connectivity index (χ4v) is 0. The van der Waals surface area contributed by atoms with Crippen molar-refractivity contribution in [2.24, 2.45) is 0 Å². The van der Waals surface area contributed by atoms with Gasteiger partial charge in [0.15, 0.2) is 0 Å². The van der Waals surface area contributed by atoms with Gasteiger partial charge in [-0.2, -0.15) is 0 Å². The number of halogens is 1. The standard InChI is InChI=1S/ClHO4.NO/c2-1(3,4)5;1-2/h(H,2,3,4,5);/q;+1/p-1. The van der Waals surface area contributed by atoms with E-state index in [9.17, 15) is 0 Å². The Morgan fingerprint density at radius 3 is 1.00 bits per heavy atom. The molecule has 0 aromatic heterocycles. The summed E-state index contributed by atoms with van der Waals surface area (Å²) in [6, 6.07) is 0. The predicted molar refractivity (Wildman–Crippen MR) is 2.41 cm³/mol. The molecular formula is ClNO5. The molecule has 0 N–H and O–H groups in total. The molecule has 7 heavy (non-hydrogen) atoms. The van der Waals surface area contributed by atoms with E-state index in [0.29, 0.717) is 0 Å². The maximum absolute atomic E-state index is 8.49. The molecule has 7 heteroatoms. The summed E-state index contributed by atoms with van der Waals surface area (Å²) >= 11 is 0. The van der Waals surface area contributed by atoms with Gasteiger partial charge >= 0.3 is 10.2 Å². The van der Waals surface area contributed by atoms with Crippen LogP contribution < -0.4 is 18.6 Å². The summed E-state index contributed by atoms with van der Waals surface area (Å²) in [7, 11) is -4.94. The quantitative estimate of drug-likeness (QED) is 0.302. The molecule has 0 aliphatic carbocycles. The second-order valence-electron chi connectivity index (χ2n) is 0.378. The SMILES string of the molecule is N#[O+].[O-][Cl+3]([O-])([O-])[O-]. The summed E-state index contributed by atoms with van der Waals surface area (Å²) in [6.07, 6.45) is 0. The van der Waals surface area contributed by atoms with Crippen LogP contribution in [0.4, 0.5) is 0 Å². The van der Waals surface area contributed by atoms with E-state index in [1.807, 2.05) is 0 Å². The van der Waals surface area contributed by atoms with Crippen LogP contribution in [-0.4, -0.2) is 0 Å². The first-order valence-corrected chi connectivity index (χ1v) is 2.03. The van der Waals surface area contributed by atoms with Gasteiger partial charge in [-0.05, 0) is 0 Å². The second-order valence-corrected chi connectivity index (χ2v) is 1.13. The van der Waals surface area contributed by atoms with Crippen LogP contribution in [0.5, 0.6) is 0 Å². The molecular weight excluding hydrogens is 129 g/mol. The Kier molecular flexibility index (Phi) is 5.63. The van der Waals surface area contributed by atoms with Gasteiger partial charge in [-0.3, -0.25) is 0 Å². The third kappa shape index (κ3) is 2090. The van der Waals surface area contributed by atoms with Crippen molar-refractivity contribution in [3.8, 4) is 0 Å². The Bertz CT molecular complexity index is 44.8. The molecule has 0 spiro atoms. The molecule has 0 saturated carbocycles. The minimum Gasteiger partial charge on any atom is -0.222 e. The van der Waals surface area contributed by atoms with Crippen LogP contribution in [0.25, 0.3) is 0 Å². The maximum atomic E-state index is 8.49. The Labute approximate surface area is 40.2 Å². The molecule has 0 atom stereocenters. The smallest absolute Gasteiger partial charge is 0.112 e. The average Bonchev–Trinajstić information content (AvgIpc) is 1.36. The Hall–Kier alpha value is -0.200. The minimum atomic E-state index is -4.94. The molecule has 0 aliphatic rings. The van der Waals surface area contributed by atoms with E-state index < -0.39 is 10.2 Å². The van der Waals surface area contributed by atoms with E-state index >= 15 is 0 Å². The van der Waals surface area contributed by atoms with E-state index in [1.54, 1.807) is 0 Å². The summed E-state index contributed by atoms with van der Waals surface area (Å²) in [6.45, 7) is 0. The fraction of sp³-hybridized carbons (Fsp3) is 0. The van der Waals surface area contributed by atoms with E-state index in [2.05, 4.69) is 0 Å². The first-order chi connectivity index (χ1) is 3.00. The third-order valence-electron chi connectivity index (χ3n) is 0. The third-order valence-corrected chi connectivity index (χ3v) is 0. The zero-order valence-corrected chi connectivity index (χ0v) is 3.62. The molecule has 0 aromatic rings. The van der Waals surface area contributed by atoms with Crippen LogP contribution in [0.2, 0.25) is 0 Å². The van der Waals surface area contributed by atoms with Crippen molar-refractivity contribution in [1.29, 1.82) is 5.46 Å². The zero-order valence-electron chi connectivity index (χ0n) is 2.87. The van der Waals surface area contributed by atoms with Gasteiger partial charge in [0.1, 0.15) is 0 Å². The van der Waals surface area contributed by atoms with Gasteiger partial charge in [-0.15, -0.1) is 10.2 Å². The van der Waals surface area contributed by atoms with Crippen molar-refractivity contribution in [3.63, 3.8) is 0 Å². The van der Waals surface area contributed by atoms with Crippen molar-refractivity contribution < 1.29 is 33.7 Å². The molecule has 0 unspecified atom stereocenters. The molecule has 6 nitrogen and oxygen atoms in total. The van der Waals surface area contributed by atoms with Gasteiger partial charge in [0, 0.05) is 0 Å². The van der Waals surface area contributed by atoms with Crippen LogP contribution in [0, 0.1) is 15.7 Å². The predicted octanol–water partition coefficient (Wildman–Crippen LogP) is -4.86. The van der Waals surface area contributed by atoms with Gasteiger partial charge in [0.25, 0.3) is 0 Å². The molecule has 0 aromatic carbocycles. The van der Waals surface area contributed by atoms with Crippen molar-refractivity contribution in [2.75, 3.05) is 0 Å². The van der Waals surface area contributed by atoms with Crippen molar-refractivity contribution in [1.82, 2.24) is 0 Å². The molecule has 0 bridgehead atoms. The normalized spacial score (nSPS) is 8.86. The van der Waals surface area contributed by atoms with E-state index in [4.69, 9.17) is 28.9 Å². The van der Waals surface area contributed by atoms with E-state index in [0.717, 1.165) is 0 Å². The van der Waals surface area contributed by atoms with Crippen LogP contribution in [0.1, 0.15) is 0 Å². The van der Waals surface area contributed by atoms with Crippen molar-refractivity contribution in [2.45, 2.75) is 0 Å². The van der Waals surface area contributed by atoms with Crippen molar-refractivity contribution >= 4 is 0 Å². The van der Waals surface area contributed by atoms with Crippen molar-refractivity contribution in [3.05, 3.63) is 0 Å². The molecule has 0 aliphatic heterocycles. The monoisotopic (exact) mass is 129 g/mol. The van der Waals surface area contributed by atoms with Gasteiger partial charge in [0.2, 0.25) is 0 Å². The fourth-order valence-electron chi connectivity index (χ4n) is 0. The van der Waals surface area contributed by atoms with E-state index in [-0.39, 0.29) is 0 Å². The average molecular weight is 129 g/mol. The summed E-state index contributed by atoms with van der Waals surface area (Å²) in [5, 5.41) is 0. The Morgan fingerprint density at radius 1 is 1.00 bits per heavy atom. The maximum Gasteiger partial charge on any atom is -0.112 e. The van der Waals surface area contributed by atoms with Gasteiger partial charge < -0.3 is 0 Å². The summed E-state index contributed by atoms with van der Waals surface area (Å²) in [4.78, 5) is 0. The number of nitrogens with zero attached hydrogens (tertiary/aromatic N) is 1. The molecule has 0 fully saturated rings. The molecule has 0 amide bonds. The molecule has 0 rings (SSSR count). The largest absolute Gasteiger partial charge is 0.222 e. The summed E-state index contributed by atoms with van der Waals surface area (Å²) < 4.78 is 41.2. The number of hydrogen-bond donors (Lipinski definition) is 0. The van der Waals surface area contributed by atoms with Gasteiger partial charge in [-0.25, -0.2) is 18.6 Å². The molecule has 0 radical (unpaired) electrons. The van der Waals surface area contributed by atoms with Crippen LogP contribution in [-0.2, 0) is 4.77 Å². The summed E-state index contributed by atoms with van der Waals surface area (Å²) in [5.41, 5.74) is 5.75. The van der Waals surface area contributed by atoms with Crippen LogP contribution in [0.3, 0.4) is 0 Å². The van der Waals surface area contributed by atoms with Gasteiger partial charge in [-0.1, -0.05) is 0 Å². The Morgan fingerprint density at radius 2 is 1.00 bits per heavy atom. The number of hydrogen-bond acceptors (Lipinski definition) is 5. The summed E-state index contributed by atoms with van der Waals surface area (Å²) in [5.74, 6) is 0. The van der Waals surface area contributed by atoms with Gasteiger partial charge in [0.05, 0.1) is 0 Å². The van der Waals surface area contributed by atoms with E-state index in [1.165, 1.54) is 0 Å². The van der Waals surface area contributed by atoms with Crippen LogP contribution >= 0.6 is 0 Å². The Balaban J connectivity index is 0. The molecule has 0 saturated heterocycles. The first-order valence-electron chi connectivity index (χ1n) is 0.800. The van der Waals surface area contributed by atoms with Crippen LogP contribution in [0.15, 0.2) is 0 Å². The molecule has 42 valence electrons. The minimum absolute atomic E-state index is 4.94. The first kappa shape index (κ1) is 9.93.